The molecule has 0 aliphatic rings. The lowest BCUT2D eigenvalue weighted by molar-refractivity contribution is 0.148. The molecular formula is C14H23BrN2. The van der Waals surface area contributed by atoms with Gasteiger partial charge in [-0.3, -0.25) is 0 Å². The SMILES string of the molecule is Cc1nc(NCC(C)(C)C(C)(C)C)ccc1Br. The van der Waals surface area contributed by atoms with Crippen LogP contribution < -0.4 is 5.32 Å². The molecule has 2 nitrogen and oxygen atoms in total. The van der Waals surface area contributed by atoms with Crippen LogP contribution in [0.4, 0.5) is 5.82 Å². The van der Waals surface area contributed by atoms with Gasteiger partial charge in [0.05, 0.1) is 5.69 Å². The van der Waals surface area contributed by atoms with Crippen molar-refractivity contribution in [2.45, 2.75) is 41.5 Å². The quantitative estimate of drug-likeness (QED) is 0.879. The molecular weight excluding hydrogens is 276 g/mol. The molecule has 0 saturated heterocycles. The van der Waals surface area contributed by atoms with Crippen molar-refractivity contribution in [3.8, 4) is 0 Å². The van der Waals surface area contributed by atoms with Crippen LogP contribution >= 0.6 is 15.9 Å². The van der Waals surface area contributed by atoms with Crippen molar-refractivity contribution >= 4 is 21.7 Å². The Balaban J connectivity index is 2.71. The molecule has 0 bridgehead atoms. The van der Waals surface area contributed by atoms with Gasteiger partial charge in [0.25, 0.3) is 0 Å². The lowest BCUT2D eigenvalue weighted by atomic mass is 9.69. The molecule has 0 spiro atoms. The fourth-order valence-electron chi connectivity index (χ4n) is 1.22. The Hall–Kier alpha value is -0.570. The zero-order valence-corrected chi connectivity index (χ0v) is 13.3. The molecule has 0 aliphatic carbocycles. The summed E-state index contributed by atoms with van der Waals surface area (Å²) in [5.74, 6) is 0.947. The van der Waals surface area contributed by atoms with E-state index in [0.29, 0.717) is 0 Å². The minimum absolute atomic E-state index is 0.218. The van der Waals surface area contributed by atoms with Gasteiger partial charge in [-0.25, -0.2) is 4.98 Å². The average Bonchev–Trinajstić information content (AvgIpc) is 2.18. The van der Waals surface area contributed by atoms with Gasteiger partial charge in [0, 0.05) is 11.0 Å². The molecule has 0 fully saturated rings. The minimum atomic E-state index is 0.218. The smallest absolute Gasteiger partial charge is 0.126 e. The van der Waals surface area contributed by atoms with E-state index >= 15 is 0 Å². The van der Waals surface area contributed by atoms with Crippen molar-refractivity contribution in [1.29, 1.82) is 0 Å². The summed E-state index contributed by atoms with van der Waals surface area (Å²) in [6.07, 6.45) is 0. The largest absolute Gasteiger partial charge is 0.370 e. The highest BCUT2D eigenvalue weighted by Crippen LogP contribution is 2.37. The molecule has 1 aromatic heterocycles. The molecule has 3 heteroatoms. The highest BCUT2D eigenvalue weighted by atomic mass is 79.9. The maximum atomic E-state index is 4.50. The topological polar surface area (TPSA) is 24.9 Å². The van der Waals surface area contributed by atoms with E-state index in [1.807, 2.05) is 19.1 Å². The van der Waals surface area contributed by atoms with Crippen LogP contribution in [0.1, 0.15) is 40.3 Å². The summed E-state index contributed by atoms with van der Waals surface area (Å²) in [5.41, 5.74) is 1.50. The zero-order valence-electron chi connectivity index (χ0n) is 11.7. The first-order chi connectivity index (χ1) is 7.63. The van der Waals surface area contributed by atoms with E-state index in [1.54, 1.807) is 0 Å². The lowest BCUT2D eigenvalue weighted by Gasteiger charge is -2.39. The second kappa shape index (κ2) is 4.97. The number of pyridine rings is 1. The van der Waals surface area contributed by atoms with E-state index in [0.717, 1.165) is 22.5 Å². The van der Waals surface area contributed by atoms with Gasteiger partial charge in [0.1, 0.15) is 5.82 Å². The summed E-state index contributed by atoms with van der Waals surface area (Å²) in [4.78, 5) is 4.50. The van der Waals surface area contributed by atoms with Gasteiger partial charge in [-0.15, -0.1) is 0 Å². The number of aromatic nitrogens is 1. The third-order valence-electron chi connectivity index (χ3n) is 3.76. The zero-order chi connectivity index (χ0) is 13.3. The molecule has 0 unspecified atom stereocenters. The molecule has 1 rings (SSSR count). The predicted octanol–water partition coefficient (Wildman–Crippen LogP) is 4.64. The Morgan fingerprint density at radius 1 is 1.18 bits per heavy atom. The first kappa shape index (κ1) is 14.5. The third kappa shape index (κ3) is 3.70. The van der Waals surface area contributed by atoms with Crippen LogP contribution in [-0.4, -0.2) is 11.5 Å². The van der Waals surface area contributed by atoms with E-state index in [1.165, 1.54) is 0 Å². The lowest BCUT2D eigenvalue weighted by Crippen LogP contribution is -2.36. The standard InChI is InChI=1S/C14H23BrN2/c1-10-11(15)7-8-12(17-10)16-9-14(5,6)13(2,3)4/h7-8H,9H2,1-6H3,(H,16,17). The number of aryl methyl sites for hydroxylation is 1. The van der Waals surface area contributed by atoms with Crippen molar-refractivity contribution in [1.82, 2.24) is 4.98 Å². The Morgan fingerprint density at radius 3 is 2.24 bits per heavy atom. The number of anilines is 1. The van der Waals surface area contributed by atoms with Crippen molar-refractivity contribution in [2.75, 3.05) is 11.9 Å². The van der Waals surface area contributed by atoms with Gasteiger partial charge in [0.15, 0.2) is 0 Å². The predicted molar refractivity (Wildman–Crippen MR) is 78.4 cm³/mol. The van der Waals surface area contributed by atoms with E-state index < -0.39 is 0 Å². The van der Waals surface area contributed by atoms with Crippen molar-refractivity contribution < 1.29 is 0 Å². The normalized spacial score (nSPS) is 12.6. The van der Waals surface area contributed by atoms with Gasteiger partial charge >= 0.3 is 0 Å². The van der Waals surface area contributed by atoms with Gasteiger partial charge in [0.2, 0.25) is 0 Å². The van der Waals surface area contributed by atoms with E-state index in [-0.39, 0.29) is 10.8 Å². The van der Waals surface area contributed by atoms with Crippen LogP contribution in [0.25, 0.3) is 0 Å². The number of hydrogen-bond acceptors (Lipinski definition) is 2. The van der Waals surface area contributed by atoms with Gasteiger partial charge in [-0.05, 0) is 45.8 Å². The molecule has 0 amide bonds. The Labute approximate surface area is 113 Å². The Kier molecular flexibility index (Phi) is 4.23. The Morgan fingerprint density at radius 2 is 1.76 bits per heavy atom. The molecule has 0 aromatic carbocycles. The van der Waals surface area contributed by atoms with Crippen molar-refractivity contribution in [3.63, 3.8) is 0 Å². The molecule has 17 heavy (non-hydrogen) atoms. The number of halogens is 1. The molecule has 1 N–H and O–H groups in total. The van der Waals surface area contributed by atoms with Crippen LogP contribution in [-0.2, 0) is 0 Å². The maximum Gasteiger partial charge on any atom is 0.126 e. The van der Waals surface area contributed by atoms with E-state index in [2.05, 4.69) is 60.8 Å². The van der Waals surface area contributed by atoms with Crippen LogP contribution in [0.5, 0.6) is 0 Å². The summed E-state index contributed by atoms with van der Waals surface area (Å²) in [6.45, 7) is 14.3. The van der Waals surface area contributed by atoms with Crippen LogP contribution in [0.2, 0.25) is 0 Å². The third-order valence-corrected chi connectivity index (χ3v) is 4.60. The van der Waals surface area contributed by atoms with Crippen LogP contribution in [0, 0.1) is 17.8 Å². The van der Waals surface area contributed by atoms with E-state index in [4.69, 9.17) is 0 Å². The van der Waals surface area contributed by atoms with Gasteiger partial charge in [-0.1, -0.05) is 34.6 Å². The van der Waals surface area contributed by atoms with E-state index in [9.17, 15) is 0 Å². The molecule has 0 aliphatic heterocycles. The Bertz CT molecular complexity index is 392. The second-order valence-corrected chi connectivity index (χ2v) is 7.11. The monoisotopic (exact) mass is 298 g/mol. The number of rotatable bonds is 3. The average molecular weight is 299 g/mol. The van der Waals surface area contributed by atoms with Gasteiger partial charge in [-0.2, -0.15) is 0 Å². The van der Waals surface area contributed by atoms with Crippen LogP contribution in [0.15, 0.2) is 16.6 Å². The fraction of sp³-hybridized carbons (Fsp3) is 0.643. The minimum Gasteiger partial charge on any atom is -0.370 e. The maximum absolute atomic E-state index is 4.50. The van der Waals surface area contributed by atoms with Gasteiger partial charge < -0.3 is 5.32 Å². The summed E-state index contributed by atoms with van der Waals surface area (Å²) < 4.78 is 1.05. The molecule has 1 heterocycles. The molecule has 1 aromatic rings. The summed E-state index contributed by atoms with van der Waals surface area (Å²) in [7, 11) is 0. The molecule has 0 atom stereocenters. The molecule has 96 valence electrons. The summed E-state index contributed by atoms with van der Waals surface area (Å²) in [5, 5.41) is 3.43. The van der Waals surface area contributed by atoms with Crippen LogP contribution in [0.3, 0.4) is 0 Å². The highest BCUT2D eigenvalue weighted by molar-refractivity contribution is 9.10. The highest BCUT2D eigenvalue weighted by Gasteiger charge is 2.32. The first-order valence-corrected chi connectivity index (χ1v) is 6.80. The number of hydrogen-bond donors (Lipinski definition) is 1. The van der Waals surface area contributed by atoms with Crippen molar-refractivity contribution in [3.05, 3.63) is 22.3 Å². The van der Waals surface area contributed by atoms with Crippen molar-refractivity contribution in [2.24, 2.45) is 10.8 Å². The first-order valence-electron chi connectivity index (χ1n) is 6.00. The number of nitrogens with one attached hydrogen (secondary N) is 1. The number of nitrogens with zero attached hydrogens (tertiary/aromatic N) is 1. The summed E-state index contributed by atoms with van der Waals surface area (Å²) >= 11 is 3.46. The fourth-order valence-corrected chi connectivity index (χ4v) is 1.44. The molecule has 0 saturated carbocycles. The molecule has 0 radical (unpaired) electrons. The second-order valence-electron chi connectivity index (χ2n) is 6.25. The summed E-state index contributed by atoms with van der Waals surface area (Å²) in [6, 6.07) is 4.05.